The van der Waals surface area contributed by atoms with E-state index in [2.05, 4.69) is 5.32 Å². The van der Waals surface area contributed by atoms with Gasteiger partial charge >= 0.3 is 6.03 Å². The van der Waals surface area contributed by atoms with E-state index in [0.29, 0.717) is 5.76 Å². The Bertz CT molecular complexity index is 731. The first-order valence-electron chi connectivity index (χ1n) is 7.08. The molecule has 1 aromatic carbocycles. The van der Waals surface area contributed by atoms with Crippen LogP contribution in [-0.4, -0.2) is 30.0 Å². The zero-order valence-electron chi connectivity index (χ0n) is 12.4. The average molecular weight is 318 g/mol. The molecule has 120 valence electrons. The summed E-state index contributed by atoms with van der Waals surface area (Å²) in [6.45, 7) is 1.58. The molecule has 0 bridgehead atoms. The molecule has 2 aromatic rings. The summed E-state index contributed by atoms with van der Waals surface area (Å²) < 4.78 is 24.0. The second-order valence-corrected chi connectivity index (χ2v) is 5.27. The van der Waals surface area contributed by atoms with Gasteiger partial charge in [0.05, 0.1) is 12.8 Å². The predicted molar refractivity (Wildman–Crippen MR) is 78.2 cm³/mol. The first kappa shape index (κ1) is 15.1. The van der Waals surface area contributed by atoms with Gasteiger partial charge in [-0.05, 0) is 31.2 Å². The third-order valence-corrected chi connectivity index (χ3v) is 3.70. The molecule has 7 heteroatoms. The zero-order chi connectivity index (χ0) is 16.4. The van der Waals surface area contributed by atoms with Crippen LogP contribution in [0.4, 0.5) is 9.18 Å². The molecular weight excluding hydrogens is 303 g/mol. The highest BCUT2D eigenvalue weighted by molar-refractivity contribution is 6.06. The summed E-state index contributed by atoms with van der Waals surface area (Å²) in [7, 11) is 0. The molecule has 1 saturated heterocycles. The van der Waals surface area contributed by atoms with Crippen LogP contribution in [0, 0.1) is 5.82 Å². The minimum Gasteiger partial charge on any atom is -0.489 e. The number of ether oxygens (including phenoxy) is 1. The Balaban J connectivity index is 1.66. The van der Waals surface area contributed by atoms with E-state index >= 15 is 0 Å². The summed E-state index contributed by atoms with van der Waals surface area (Å²) in [5.74, 6) is -0.499. The lowest BCUT2D eigenvalue weighted by Gasteiger charge is -2.19. The number of benzene rings is 1. The van der Waals surface area contributed by atoms with Gasteiger partial charge in [-0.15, -0.1) is 0 Å². The Morgan fingerprint density at radius 2 is 2.04 bits per heavy atom. The molecular formula is C16H15FN2O4. The largest absolute Gasteiger partial charge is 0.489 e. The fraction of sp³-hybridized carbons (Fsp3) is 0.250. The molecule has 3 rings (SSSR count). The SMILES string of the molecule is C[C@]1(c2ccco2)NC(=O)N(CCOc2ccccc2F)C1=O. The second-order valence-electron chi connectivity index (χ2n) is 5.27. The number of imide groups is 1. The molecule has 1 aromatic heterocycles. The Morgan fingerprint density at radius 1 is 1.26 bits per heavy atom. The lowest BCUT2D eigenvalue weighted by Crippen LogP contribution is -2.41. The molecule has 1 atom stereocenters. The Morgan fingerprint density at radius 3 is 2.74 bits per heavy atom. The van der Waals surface area contributed by atoms with Crippen LogP contribution >= 0.6 is 0 Å². The highest BCUT2D eigenvalue weighted by atomic mass is 19.1. The standard InChI is InChI=1S/C16H15FN2O4/c1-16(13-7-4-9-23-13)14(20)19(15(21)18-16)8-10-22-12-6-3-2-5-11(12)17/h2-7,9H,8,10H2,1H3,(H,18,21)/t16-/m1/s1. The number of nitrogens with zero attached hydrogens (tertiary/aromatic N) is 1. The van der Waals surface area contributed by atoms with E-state index < -0.39 is 23.3 Å². The van der Waals surface area contributed by atoms with Gasteiger partial charge in [0, 0.05) is 0 Å². The van der Waals surface area contributed by atoms with E-state index in [1.54, 1.807) is 31.2 Å². The van der Waals surface area contributed by atoms with Crippen LogP contribution in [0.1, 0.15) is 12.7 Å². The first-order valence-corrected chi connectivity index (χ1v) is 7.08. The molecule has 1 aliphatic rings. The molecule has 1 aliphatic heterocycles. The summed E-state index contributed by atoms with van der Waals surface area (Å²) in [6, 6.07) is 8.67. The number of urea groups is 1. The van der Waals surface area contributed by atoms with Crippen molar-refractivity contribution in [2.24, 2.45) is 0 Å². The molecule has 3 amide bonds. The number of rotatable bonds is 5. The van der Waals surface area contributed by atoms with Crippen molar-refractivity contribution in [3.8, 4) is 5.75 Å². The molecule has 23 heavy (non-hydrogen) atoms. The van der Waals surface area contributed by atoms with Gasteiger partial charge in [-0.2, -0.15) is 0 Å². The van der Waals surface area contributed by atoms with E-state index in [9.17, 15) is 14.0 Å². The van der Waals surface area contributed by atoms with Gasteiger partial charge in [-0.25, -0.2) is 9.18 Å². The minimum absolute atomic E-state index is 0.00563. The topological polar surface area (TPSA) is 71.8 Å². The maximum absolute atomic E-state index is 13.5. The number of hydrogen-bond donors (Lipinski definition) is 1. The molecule has 1 N–H and O–H groups in total. The van der Waals surface area contributed by atoms with E-state index in [1.165, 1.54) is 18.4 Å². The second kappa shape index (κ2) is 5.75. The van der Waals surface area contributed by atoms with Crippen LogP contribution in [0.25, 0.3) is 0 Å². The predicted octanol–water partition coefficient (Wildman–Crippen LogP) is 2.26. The molecule has 2 heterocycles. The van der Waals surface area contributed by atoms with Crippen LogP contribution in [0.15, 0.2) is 47.1 Å². The monoisotopic (exact) mass is 318 g/mol. The molecule has 0 saturated carbocycles. The number of carbonyl (C=O) groups is 2. The van der Waals surface area contributed by atoms with E-state index in [-0.39, 0.29) is 18.9 Å². The van der Waals surface area contributed by atoms with Crippen molar-refractivity contribution in [3.63, 3.8) is 0 Å². The molecule has 0 unspecified atom stereocenters. The number of amides is 3. The summed E-state index contributed by atoms with van der Waals surface area (Å²) in [5, 5.41) is 2.61. The number of para-hydroxylation sites is 1. The molecule has 0 radical (unpaired) electrons. The van der Waals surface area contributed by atoms with Crippen LogP contribution < -0.4 is 10.1 Å². The van der Waals surface area contributed by atoms with E-state index in [0.717, 1.165) is 4.90 Å². The summed E-state index contributed by atoms with van der Waals surface area (Å²) >= 11 is 0. The number of hydrogen-bond acceptors (Lipinski definition) is 4. The van der Waals surface area contributed by atoms with E-state index in [4.69, 9.17) is 9.15 Å². The number of nitrogens with one attached hydrogen (secondary N) is 1. The van der Waals surface area contributed by atoms with Crippen LogP contribution in [0.5, 0.6) is 5.75 Å². The lowest BCUT2D eigenvalue weighted by molar-refractivity contribution is -0.131. The van der Waals surface area contributed by atoms with Gasteiger partial charge in [-0.1, -0.05) is 12.1 Å². The first-order chi connectivity index (χ1) is 11.0. The van der Waals surface area contributed by atoms with Gasteiger partial charge in [0.25, 0.3) is 5.91 Å². The fourth-order valence-electron chi connectivity index (χ4n) is 2.44. The fourth-order valence-corrected chi connectivity index (χ4v) is 2.44. The van der Waals surface area contributed by atoms with Gasteiger partial charge in [-0.3, -0.25) is 9.69 Å². The highest BCUT2D eigenvalue weighted by Crippen LogP contribution is 2.28. The van der Waals surface area contributed by atoms with Crippen LogP contribution in [0.2, 0.25) is 0 Å². The number of furan rings is 1. The third kappa shape index (κ3) is 2.65. The summed E-state index contributed by atoms with van der Waals surface area (Å²) in [4.78, 5) is 25.6. The lowest BCUT2D eigenvalue weighted by atomic mass is 9.99. The minimum atomic E-state index is -1.24. The smallest absolute Gasteiger partial charge is 0.325 e. The molecule has 6 nitrogen and oxygen atoms in total. The van der Waals surface area contributed by atoms with Crippen molar-refractivity contribution in [1.29, 1.82) is 0 Å². The van der Waals surface area contributed by atoms with Gasteiger partial charge < -0.3 is 14.5 Å². The number of carbonyl (C=O) groups excluding carboxylic acids is 2. The van der Waals surface area contributed by atoms with Crippen molar-refractivity contribution < 1.29 is 23.1 Å². The zero-order valence-corrected chi connectivity index (χ0v) is 12.4. The Kier molecular flexibility index (Phi) is 3.77. The van der Waals surface area contributed by atoms with Gasteiger partial charge in [0.15, 0.2) is 17.1 Å². The van der Waals surface area contributed by atoms with Gasteiger partial charge in [0.1, 0.15) is 12.4 Å². The third-order valence-electron chi connectivity index (χ3n) is 3.70. The molecule has 0 spiro atoms. The number of halogens is 1. The van der Waals surface area contributed by atoms with Gasteiger partial charge in [0.2, 0.25) is 0 Å². The highest BCUT2D eigenvalue weighted by Gasteiger charge is 2.50. The normalized spacial score (nSPS) is 20.7. The van der Waals surface area contributed by atoms with Crippen molar-refractivity contribution in [2.45, 2.75) is 12.5 Å². The van der Waals surface area contributed by atoms with Crippen molar-refractivity contribution in [2.75, 3.05) is 13.2 Å². The van der Waals surface area contributed by atoms with E-state index in [1.807, 2.05) is 0 Å². The van der Waals surface area contributed by atoms with Crippen molar-refractivity contribution >= 4 is 11.9 Å². The van der Waals surface area contributed by atoms with Crippen LogP contribution in [0.3, 0.4) is 0 Å². The Labute approximate surface area is 131 Å². The summed E-state index contributed by atoms with van der Waals surface area (Å²) in [6.07, 6.45) is 1.43. The van der Waals surface area contributed by atoms with Crippen molar-refractivity contribution in [3.05, 3.63) is 54.2 Å². The van der Waals surface area contributed by atoms with Crippen LogP contribution in [-0.2, 0) is 10.3 Å². The average Bonchev–Trinajstić information content (AvgIpc) is 3.13. The summed E-state index contributed by atoms with van der Waals surface area (Å²) in [5.41, 5.74) is -1.24. The molecule has 1 fully saturated rings. The maximum atomic E-state index is 13.5. The molecule has 0 aliphatic carbocycles. The Hall–Kier alpha value is -2.83. The quantitative estimate of drug-likeness (QED) is 0.859. The van der Waals surface area contributed by atoms with Crippen molar-refractivity contribution in [1.82, 2.24) is 10.2 Å². The maximum Gasteiger partial charge on any atom is 0.325 e.